The molecule has 1 aromatic rings. The van der Waals surface area contributed by atoms with Crippen molar-refractivity contribution >= 4 is 5.91 Å². The number of unbranched alkanes of at least 4 members (excludes halogenated alkanes) is 2. The number of carbonyl (C=O) groups is 1. The number of hydrogen-bond acceptors (Lipinski definition) is 3. The van der Waals surface area contributed by atoms with Crippen LogP contribution in [0.3, 0.4) is 0 Å². The third-order valence-electron chi connectivity index (χ3n) is 3.17. The molecule has 1 rings (SSSR count). The lowest BCUT2D eigenvalue weighted by atomic mass is 10.1. The van der Waals surface area contributed by atoms with Gasteiger partial charge in [-0.2, -0.15) is 0 Å². The topological polar surface area (TPSA) is 58.6 Å². The van der Waals surface area contributed by atoms with Gasteiger partial charge in [0.05, 0.1) is 6.10 Å². The lowest BCUT2D eigenvalue weighted by Gasteiger charge is -2.18. The molecule has 0 spiro atoms. The normalized spacial score (nSPS) is 13.6. The average Bonchev–Trinajstić information content (AvgIpc) is 2.44. The molecule has 0 aliphatic heterocycles. The molecule has 1 aromatic carbocycles. The van der Waals surface area contributed by atoms with Crippen molar-refractivity contribution in [3.63, 3.8) is 0 Å². The van der Waals surface area contributed by atoms with Crippen LogP contribution in [0.4, 0.5) is 4.39 Å². The number of carbonyl (C=O) groups excluding carboxylic acids is 1. The number of benzene rings is 1. The maximum absolute atomic E-state index is 13.2. The fourth-order valence-corrected chi connectivity index (χ4v) is 1.93. The maximum atomic E-state index is 13.2. The van der Waals surface area contributed by atoms with Crippen molar-refractivity contribution in [1.82, 2.24) is 5.32 Å². The SMILES string of the molecule is CCCCCNC(=O)C(C)Oc1ccc(F)cc1[C@H](C)O. The Hall–Kier alpha value is -1.62. The Morgan fingerprint density at radius 3 is 2.71 bits per heavy atom. The van der Waals surface area contributed by atoms with Gasteiger partial charge in [0.15, 0.2) is 6.10 Å². The van der Waals surface area contributed by atoms with Gasteiger partial charge in [-0.05, 0) is 38.5 Å². The molecule has 0 aliphatic carbocycles. The minimum Gasteiger partial charge on any atom is -0.481 e. The van der Waals surface area contributed by atoms with Gasteiger partial charge in [0.25, 0.3) is 5.91 Å². The van der Waals surface area contributed by atoms with Crippen LogP contribution < -0.4 is 10.1 Å². The number of hydrogen-bond donors (Lipinski definition) is 2. The zero-order valence-electron chi connectivity index (χ0n) is 12.9. The minimum atomic E-state index is -0.865. The fraction of sp³-hybridized carbons (Fsp3) is 0.562. The first-order valence-corrected chi connectivity index (χ1v) is 7.37. The highest BCUT2D eigenvalue weighted by molar-refractivity contribution is 5.80. The average molecular weight is 297 g/mol. The summed E-state index contributed by atoms with van der Waals surface area (Å²) in [6.45, 7) is 5.87. The zero-order chi connectivity index (χ0) is 15.8. The minimum absolute atomic E-state index is 0.216. The summed E-state index contributed by atoms with van der Waals surface area (Å²) >= 11 is 0. The second-order valence-corrected chi connectivity index (χ2v) is 5.12. The molecule has 1 unspecified atom stereocenters. The van der Waals surface area contributed by atoms with E-state index >= 15 is 0 Å². The van der Waals surface area contributed by atoms with Crippen molar-refractivity contribution in [3.05, 3.63) is 29.6 Å². The molecule has 0 fully saturated rings. The lowest BCUT2D eigenvalue weighted by molar-refractivity contribution is -0.127. The second-order valence-electron chi connectivity index (χ2n) is 5.12. The summed E-state index contributed by atoms with van der Waals surface area (Å²) in [6.07, 6.45) is 1.53. The Morgan fingerprint density at radius 2 is 2.10 bits per heavy atom. The largest absolute Gasteiger partial charge is 0.481 e. The number of rotatable bonds is 8. The van der Waals surface area contributed by atoms with E-state index in [0.29, 0.717) is 17.9 Å². The Bertz CT molecular complexity index is 463. The molecule has 0 aliphatic rings. The molecule has 0 bridgehead atoms. The van der Waals surface area contributed by atoms with Crippen molar-refractivity contribution in [2.75, 3.05) is 6.54 Å². The van der Waals surface area contributed by atoms with E-state index in [1.165, 1.54) is 25.1 Å². The highest BCUT2D eigenvalue weighted by Gasteiger charge is 2.18. The first-order chi connectivity index (χ1) is 9.95. The third-order valence-corrected chi connectivity index (χ3v) is 3.17. The predicted octanol–water partition coefficient (Wildman–Crippen LogP) is 2.95. The molecule has 2 N–H and O–H groups in total. The van der Waals surface area contributed by atoms with Crippen LogP contribution in [-0.4, -0.2) is 23.7 Å². The van der Waals surface area contributed by atoms with Gasteiger partial charge in [0.2, 0.25) is 0 Å². The first-order valence-electron chi connectivity index (χ1n) is 7.37. The predicted molar refractivity (Wildman–Crippen MR) is 79.7 cm³/mol. The van der Waals surface area contributed by atoms with E-state index in [1.807, 2.05) is 0 Å². The van der Waals surface area contributed by atoms with Crippen LogP contribution in [0.1, 0.15) is 51.7 Å². The van der Waals surface area contributed by atoms with E-state index in [9.17, 15) is 14.3 Å². The molecule has 0 aromatic heterocycles. The van der Waals surface area contributed by atoms with Gasteiger partial charge in [-0.3, -0.25) is 4.79 Å². The first kappa shape index (κ1) is 17.4. The van der Waals surface area contributed by atoms with Crippen LogP contribution in [-0.2, 0) is 4.79 Å². The van der Waals surface area contributed by atoms with E-state index in [-0.39, 0.29) is 5.91 Å². The molecule has 0 saturated heterocycles. The maximum Gasteiger partial charge on any atom is 0.260 e. The van der Waals surface area contributed by atoms with Crippen LogP contribution in [0, 0.1) is 5.82 Å². The van der Waals surface area contributed by atoms with E-state index in [2.05, 4.69) is 12.2 Å². The Morgan fingerprint density at radius 1 is 1.38 bits per heavy atom. The van der Waals surface area contributed by atoms with Gasteiger partial charge < -0.3 is 15.2 Å². The van der Waals surface area contributed by atoms with Gasteiger partial charge in [0.1, 0.15) is 11.6 Å². The van der Waals surface area contributed by atoms with Crippen molar-refractivity contribution in [1.29, 1.82) is 0 Å². The number of halogens is 1. The Kier molecular flexibility index (Phi) is 7.15. The van der Waals surface area contributed by atoms with Crippen LogP contribution in [0.2, 0.25) is 0 Å². The summed E-state index contributed by atoms with van der Waals surface area (Å²) in [5, 5.41) is 12.4. The van der Waals surface area contributed by atoms with Gasteiger partial charge in [0, 0.05) is 12.1 Å². The number of ether oxygens (including phenoxy) is 1. The monoisotopic (exact) mass is 297 g/mol. The Balaban J connectivity index is 2.61. The number of amides is 1. The summed E-state index contributed by atoms with van der Waals surface area (Å²) in [5.41, 5.74) is 0.334. The summed E-state index contributed by atoms with van der Waals surface area (Å²) < 4.78 is 18.7. The van der Waals surface area contributed by atoms with Crippen molar-refractivity contribution < 1.29 is 19.0 Å². The summed E-state index contributed by atoms with van der Waals surface area (Å²) in [6, 6.07) is 3.89. The molecule has 1 amide bonds. The fourth-order valence-electron chi connectivity index (χ4n) is 1.93. The second kappa shape index (κ2) is 8.62. The molecular weight excluding hydrogens is 273 g/mol. The van der Waals surface area contributed by atoms with Crippen LogP contribution in [0.15, 0.2) is 18.2 Å². The highest BCUT2D eigenvalue weighted by Crippen LogP contribution is 2.26. The number of nitrogens with one attached hydrogen (secondary N) is 1. The van der Waals surface area contributed by atoms with Gasteiger partial charge in [-0.15, -0.1) is 0 Å². The molecule has 4 nitrogen and oxygen atoms in total. The summed E-state index contributed by atoms with van der Waals surface area (Å²) in [7, 11) is 0. The van der Waals surface area contributed by atoms with Gasteiger partial charge in [-0.25, -0.2) is 4.39 Å². The lowest BCUT2D eigenvalue weighted by Crippen LogP contribution is -2.37. The summed E-state index contributed by atoms with van der Waals surface area (Å²) in [5.74, 6) is -0.343. The number of aliphatic hydroxyl groups is 1. The quantitative estimate of drug-likeness (QED) is 0.725. The smallest absolute Gasteiger partial charge is 0.260 e. The molecule has 2 atom stereocenters. The molecule has 0 heterocycles. The highest BCUT2D eigenvalue weighted by atomic mass is 19.1. The molecule has 5 heteroatoms. The zero-order valence-corrected chi connectivity index (χ0v) is 12.9. The van der Waals surface area contributed by atoms with E-state index in [0.717, 1.165) is 19.3 Å². The number of aliphatic hydroxyl groups excluding tert-OH is 1. The van der Waals surface area contributed by atoms with Gasteiger partial charge in [-0.1, -0.05) is 19.8 Å². The van der Waals surface area contributed by atoms with E-state index in [4.69, 9.17) is 4.74 Å². The van der Waals surface area contributed by atoms with Crippen molar-refractivity contribution in [2.45, 2.75) is 52.2 Å². The van der Waals surface area contributed by atoms with Gasteiger partial charge >= 0.3 is 0 Å². The standard InChI is InChI=1S/C16H24FNO3/c1-4-5-6-9-18-16(20)12(3)21-15-8-7-13(17)10-14(15)11(2)19/h7-8,10-12,19H,4-6,9H2,1-3H3,(H,18,20)/t11-,12?/m0/s1. The molecule has 0 radical (unpaired) electrons. The van der Waals surface area contributed by atoms with E-state index < -0.39 is 18.0 Å². The van der Waals surface area contributed by atoms with Crippen molar-refractivity contribution in [3.8, 4) is 5.75 Å². The molecule has 0 saturated carbocycles. The van der Waals surface area contributed by atoms with Crippen molar-refractivity contribution in [2.24, 2.45) is 0 Å². The van der Waals surface area contributed by atoms with Crippen LogP contribution in [0.5, 0.6) is 5.75 Å². The Labute approximate surface area is 125 Å². The molecule has 118 valence electrons. The third kappa shape index (κ3) is 5.71. The molecule has 21 heavy (non-hydrogen) atoms. The van der Waals surface area contributed by atoms with Crippen LogP contribution in [0.25, 0.3) is 0 Å². The summed E-state index contributed by atoms with van der Waals surface area (Å²) in [4.78, 5) is 11.9. The van der Waals surface area contributed by atoms with E-state index in [1.54, 1.807) is 6.92 Å². The van der Waals surface area contributed by atoms with Crippen LogP contribution >= 0.6 is 0 Å². The molecular formula is C16H24FNO3.